The fourth-order valence-corrected chi connectivity index (χ4v) is 4.83. The number of hydrogen-bond acceptors (Lipinski definition) is 3. The van der Waals surface area contributed by atoms with Gasteiger partial charge in [-0.2, -0.15) is 0 Å². The molecule has 0 atom stereocenters. The van der Waals surface area contributed by atoms with Crippen LogP contribution in [0, 0.1) is 0 Å². The molecule has 0 rings (SSSR count). The van der Waals surface area contributed by atoms with Crippen molar-refractivity contribution in [2.75, 3.05) is 26.2 Å². The van der Waals surface area contributed by atoms with E-state index in [-0.39, 0.29) is 19.3 Å². The molecule has 0 aliphatic heterocycles. The molecule has 3 N–H and O–H groups in total. The van der Waals surface area contributed by atoms with Gasteiger partial charge in [0.25, 0.3) is 0 Å². The third-order valence-corrected chi connectivity index (χ3v) is 6.96. The molecule has 0 saturated heterocycles. The van der Waals surface area contributed by atoms with Crippen LogP contribution >= 0.6 is 0 Å². The first kappa shape index (κ1) is 34.1. The molecule has 0 heterocycles. The minimum absolute atomic E-state index is 0.170. The van der Waals surface area contributed by atoms with Gasteiger partial charge in [-0.25, -0.2) is 0 Å². The lowest BCUT2D eigenvalue weighted by atomic mass is 10.1. The zero-order chi connectivity index (χ0) is 26.9. The maximum Gasteiger partial charge on any atom is 0.303 e. The number of quaternary nitrogens is 1. The maximum absolute atomic E-state index is 10.9. The molecule has 0 fully saturated rings. The van der Waals surface area contributed by atoms with Crippen molar-refractivity contribution < 1.29 is 34.2 Å². The fraction of sp³-hybridized carbons (Fsp3) is 0.828. The van der Waals surface area contributed by atoms with Crippen molar-refractivity contribution in [1.29, 1.82) is 0 Å². The Morgan fingerprint density at radius 2 is 0.833 bits per heavy atom. The highest BCUT2D eigenvalue weighted by atomic mass is 16.4. The minimum Gasteiger partial charge on any atom is -0.481 e. The quantitative estimate of drug-likeness (QED) is 0.0618. The highest BCUT2D eigenvalue weighted by molar-refractivity contribution is 5.67. The Labute approximate surface area is 219 Å². The summed E-state index contributed by atoms with van der Waals surface area (Å²) in [6.07, 6.45) is 21.8. The van der Waals surface area contributed by atoms with Gasteiger partial charge in [0.15, 0.2) is 0 Å². The molecule has 0 spiro atoms. The molecule has 0 amide bonds. The smallest absolute Gasteiger partial charge is 0.303 e. The second-order valence-electron chi connectivity index (χ2n) is 10.3. The average Bonchev–Trinajstić information content (AvgIpc) is 2.82. The highest BCUT2D eigenvalue weighted by Gasteiger charge is 2.26. The molecule has 0 aromatic rings. The number of carboxylic acid groups (broad SMARTS) is 3. The van der Waals surface area contributed by atoms with E-state index in [0.717, 1.165) is 75.6 Å². The summed E-state index contributed by atoms with van der Waals surface area (Å²) in [5.41, 5.74) is 0. The summed E-state index contributed by atoms with van der Waals surface area (Å²) in [5, 5.41) is 27.0. The van der Waals surface area contributed by atoms with E-state index >= 15 is 0 Å². The molecular formula is C29H54NO6+. The molecule has 0 aromatic carbocycles. The molecule has 0 aromatic heterocycles. The molecule has 0 aliphatic carbocycles. The number of carboxylic acids is 3. The Morgan fingerprint density at radius 1 is 0.500 bits per heavy atom. The highest BCUT2D eigenvalue weighted by Crippen LogP contribution is 2.19. The Morgan fingerprint density at radius 3 is 1.19 bits per heavy atom. The summed E-state index contributed by atoms with van der Waals surface area (Å²) in [5.74, 6) is -2.32. The second-order valence-corrected chi connectivity index (χ2v) is 10.3. The summed E-state index contributed by atoms with van der Waals surface area (Å²) in [4.78, 5) is 32.8. The molecule has 0 radical (unpaired) electrons. The van der Waals surface area contributed by atoms with E-state index < -0.39 is 17.9 Å². The lowest BCUT2D eigenvalue weighted by Crippen LogP contribution is -2.51. The van der Waals surface area contributed by atoms with E-state index in [0.29, 0.717) is 19.3 Å². The van der Waals surface area contributed by atoms with Crippen LogP contribution in [-0.2, 0) is 14.4 Å². The predicted molar refractivity (Wildman–Crippen MR) is 145 cm³/mol. The van der Waals surface area contributed by atoms with Crippen LogP contribution in [0.5, 0.6) is 0 Å². The van der Waals surface area contributed by atoms with Crippen molar-refractivity contribution in [3.8, 4) is 0 Å². The number of aliphatic carboxylic acids is 3. The zero-order valence-corrected chi connectivity index (χ0v) is 22.9. The molecule has 0 aliphatic rings. The van der Waals surface area contributed by atoms with Crippen LogP contribution in [0.1, 0.15) is 129 Å². The van der Waals surface area contributed by atoms with Crippen LogP contribution in [-0.4, -0.2) is 63.9 Å². The normalized spacial score (nSPS) is 11.8. The molecule has 7 heteroatoms. The van der Waals surface area contributed by atoms with E-state index in [2.05, 4.69) is 19.1 Å². The van der Waals surface area contributed by atoms with Crippen LogP contribution in [0.3, 0.4) is 0 Å². The van der Waals surface area contributed by atoms with Gasteiger partial charge in [-0.3, -0.25) is 14.4 Å². The van der Waals surface area contributed by atoms with Gasteiger partial charge in [0.1, 0.15) is 0 Å². The largest absolute Gasteiger partial charge is 0.481 e. The van der Waals surface area contributed by atoms with E-state index in [1.54, 1.807) is 0 Å². The molecule has 0 saturated carbocycles. The summed E-state index contributed by atoms with van der Waals surface area (Å²) >= 11 is 0. The van der Waals surface area contributed by atoms with Gasteiger partial charge >= 0.3 is 17.9 Å². The van der Waals surface area contributed by atoms with Crippen molar-refractivity contribution in [2.45, 2.75) is 129 Å². The lowest BCUT2D eigenvalue weighted by molar-refractivity contribution is -0.929. The van der Waals surface area contributed by atoms with E-state index in [4.69, 9.17) is 15.3 Å². The van der Waals surface area contributed by atoms with Crippen LogP contribution < -0.4 is 0 Å². The monoisotopic (exact) mass is 512 g/mol. The van der Waals surface area contributed by atoms with Crippen molar-refractivity contribution in [1.82, 2.24) is 0 Å². The van der Waals surface area contributed by atoms with Gasteiger partial charge in [-0.15, -0.1) is 0 Å². The first-order valence-electron chi connectivity index (χ1n) is 14.5. The molecular weight excluding hydrogens is 458 g/mol. The summed E-state index contributed by atoms with van der Waals surface area (Å²) in [7, 11) is 0. The topological polar surface area (TPSA) is 112 Å². The molecule has 210 valence electrons. The van der Waals surface area contributed by atoms with Gasteiger partial charge in [0.05, 0.1) is 26.2 Å². The third kappa shape index (κ3) is 22.6. The van der Waals surface area contributed by atoms with Gasteiger partial charge in [0.2, 0.25) is 0 Å². The standard InChI is InChI=1S/C29H53NO6/c1-2-3-4-5-6-7-8-9-10-11-12-16-23-30(24-17-13-20-27(31)32,25-18-14-21-28(33)34)26-19-15-22-29(35)36/h8-9H,2-7,10-26H2,1H3,(H2-,31,32,33,34,35,36)/p+1/b9-8+. The van der Waals surface area contributed by atoms with E-state index in [1.165, 1.54) is 38.5 Å². The van der Waals surface area contributed by atoms with Crippen molar-refractivity contribution in [3.63, 3.8) is 0 Å². The first-order valence-corrected chi connectivity index (χ1v) is 14.5. The zero-order valence-electron chi connectivity index (χ0n) is 22.9. The Hall–Kier alpha value is -1.89. The Kier molecular flexibility index (Phi) is 22.3. The SMILES string of the molecule is CCCCCCC/C=C/CCCCC[N+](CCCCC(=O)O)(CCCCC(=O)O)CCCCC(=O)O. The molecule has 0 unspecified atom stereocenters. The predicted octanol–water partition coefficient (Wildman–Crippen LogP) is 7.05. The van der Waals surface area contributed by atoms with Crippen LogP contribution in [0.25, 0.3) is 0 Å². The Balaban J connectivity index is 4.71. The third-order valence-electron chi connectivity index (χ3n) is 6.96. The van der Waals surface area contributed by atoms with Gasteiger partial charge in [-0.1, -0.05) is 44.8 Å². The fourth-order valence-electron chi connectivity index (χ4n) is 4.83. The Bertz CT molecular complexity index is 550. The molecule has 0 bridgehead atoms. The summed E-state index contributed by atoms with van der Waals surface area (Å²) < 4.78 is 0.854. The molecule has 7 nitrogen and oxygen atoms in total. The maximum atomic E-state index is 10.9. The molecule has 36 heavy (non-hydrogen) atoms. The lowest BCUT2D eigenvalue weighted by Gasteiger charge is -2.39. The minimum atomic E-state index is -0.773. The number of rotatable bonds is 27. The number of allylic oxidation sites excluding steroid dienone is 2. The number of unbranched alkanes of at least 4 members (excludes halogenated alkanes) is 11. The second kappa shape index (κ2) is 23.5. The van der Waals surface area contributed by atoms with Crippen LogP contribution in [0.2, 0.25) is 0 Å². The van der Waals surface area contributed by atoms with Crippen molar-refractivity contribution in [2.24, 2.45) is 0 Å². The van der Waals surface area contributed by atoms with Gasteiger partial charge < -0.3 is 19.8 Å². The average molecular weight is 513 g/mol. The van der Waals surface area contributed by atoms with Crippen molar-refractivity contribution >= 4 is 17.9 Å². The summed E-state index contributed by atoms with van der Waals surface area (Å²) in [6.45, 7) is 5.87. The van der Waals surface area contributed by atoms with E-state index in [1.807, 2.05) is 0 Å². The van der Waals surface area contributed by atoms with Crippen LogP contribution in [0.4, 0.5) is 0 Å². The number of carbonyl (C=O) groups is 3. The first-order chi connectivity index (χ1) is 17.3. The van der Waals surface area contributed by atoms with Gasteiger partial charge in [0, 0.05) is 19.3 Å². The number of nitrogens with zero attached hydrogens (tertiary/aromatic N) is 1. The van der Waals surface area contributed by atoms with Gasteiger partial charge in [-0.05, 0) is 77.0 Å². The van der Waals surface area contributed by atoms with E-state index in [9.17, 15) is 14.4 Å². The summed E-state index contributed by atoms with van der Waals surface area (Å²) in [6, 6.07) is 0. The van der Waals surface area contributed by atoms with Crippen LogP contribution in [0.15, 0.2) is 12.2 Å². The van der Waals surface area contributed by atoms with Crippen molar-refractivity contribution in [3.05, 3.63) is 12.2 Å². The number of hydrogen-bond donors (Lipinski definition) is 3.